The molecule has 2 N–H and O–H groups in total. The van der Waals surface area contributed by atoms with Gasteiger partial charge in [0.25, 0.3) is 0 Å². The van der Waals surface area contributed by atoms with Gasteiger partial charge in [0.2, 0.25) is 5.91 Å². The minimum atomic E-state index is -0.175. The Bertz CT molecular complexity index is 606. The van der Waals surface area contributed by atoms with Gasteiger partial charge in [-0.25, -0.2) is 0 Å². The molecule has 4 heteroatoms. The van der Waals surface area contributed by atoms with Gasteiger partial charge in [-0.1, -0.05) is 24.6 Å². The van der Waals surface area contributed by atoms with Crippen LogP contribution in [0.4, 0.5) is 0 Å². The maximum atomic E-state index is 11.9. The molecular weight excluding hydrogens is 252 g/mol. The zero-order chi connectivity index (χ0) is 14.5. The third-order valence-electron chi connectivity index (χ3n) is 3.32. The number of rotatable bonds is 5. The Morgan fingerprint density at radius 1 is 1.35 bits per heavy atom. The molecule has 1 aromatic heterocycles. The van der Waals surface area contributed by atoms with Crippen LogP contribution in [-0.4, -0.2) is 28.6 Å². The summed E-state index contributed by atoms with van der Waals surface area (Å²) < 4.78 is 0. The van der Waals surface area contributed by atoms with Crippen LogP contribution in [0.25, 0.3) is 10.9 Å². The summed E-state index contributed by atoms with van der Waals surface area (Å²) in [5, 5.41) is 13.0. The van der Waals surface area contributed by atoms with E-state index >= 15 is 0 Å². The van der Waals surface area contributed by atoms with E-state index in [1.165, 1.54) is 5.56 Å². The highest BCUT2D eigenvalue weighted by molar-refractivity contribution is 5.82. The molecule has 0 aliphatic carbocycles. The van der Waals surface area contributed by atoms with Crippen molar-refractivity contribution in [1.29, 1.82) is 0 Å². The van der Waals surface area contributed by atoms with Crippen molar-refractivity contribution in [2.24, 2.45) is 0 Å². The second-order valence-corrected chi connectivity index (χ2v) is 5.03. The number of fused-ring (bicyclic) bond motifs is 1. The number of pyridine rings is 1. The molecule has 1 heterocycles. The van der Waals surface area contributed by atoms with E-state index in [0.717, 1.165) is 16.6 Å². The van der Waals surface area contributed by atoms with Crippen LogP contribution < -0.4 is 5.32 Å². The van der Waals surface area contributed by atoms with E-state index < -0.39 is 0 Å². The number of aromatic nitrogens is 1. The summed E-state index contributed by atoms with van der Waals surface area (Å²) in [7, 11) is 0. The van der Waals surface area contributed by atoms with Crippen LogP contribution in [0.2, 0.25) is 0 Å². The third-order valence-corrected chi connectivity index (χ3v) is 3.32. The average molecular weight is 272 g/mol. The van der Waals surface area contributed by atoms with Gasteiger partial charge in [0.15, 0.2) is 0 Å². The molecule has 0 fully saturated rings. The molecule has 0 aliphatic heterocycles. The Kier molecular flexibility index (Phi) is 4.69. The van der Waals surface area contributed by atoms with Crippen molar-refractivity contribution in [3.8, 4) is 0 Å². The first-order valence-electron chi connectivity index (χ1n) is 6.89. The zero-order valence-electron chi connectivity index (χ0n) is 11.9. The van der Waals surface area contributed by atoms with E-state index in [1.807, 2.05) is 38.1 Å². The van der Waals surface area contributed by atoms with Gasteiger partial charge in [-0.15, -0.1) is 0 Å². The summed E-state index contributed by atoms with van der Waals surface area (Å²) >= 11 is 0. The minimum Gasteiger partial charge on any atom is -0.394 e. The monoisotopic (exact) mass is 272 g/mol. The van der Waals surface area contributed by atoms with Gasteiger partial charge in [-0.2, -0.15) is 0 Å². The quantitative estimate of drug-likeness (QED) is 0.874. The number of aliphatic hydroxyl groups excluding tert-OH is 1. The summed E-state index contributed by atoms with van der Waals surface area (Å²) in [5.41, 5.74) is 2.83. The van der Waals surface area contributed by atoms with Gasteiger partial charge in [0.05, 0.1) is 30.3 Å². The largest absolute Gasteiger partial charge is 0.394 e. The molecule has 1 unspecified atom stereocenters. The lowest BCUT2D eigenvalue weighted by Gasteiger charge is -2.13. The van der Waals surface area contributed by atoms with E-state index in [1.54, 1.807) is 0 Å². The number of amides is 1. The van der Waals surface area contributed by atoms with Crippen molar-refractivity contribution in [2.45, 2.75) is 32.7 Å². The second kappa shape index (κ2) is 6.48. The first kappa shape index (κ1) is 14.5. The first-order valence-corrected chi connectivity index (χ1v) is 6.89. The van der Waals surface area contributed by atoms with Gasteiger partial charge in [0, 0.05) is 5.39 Å². The van der Waals surface area contributed by atoms with Crippen LogP contribution >= 0.6 is 0 Å². The number of nitrogens with zero attached hydrogens (tertiary/aromatic N) is 1. The van der Waals surface area contributed by atoms with E-state index in [2.05, 4.69) is 16.4 Å². The normalized spacial score (nSPS) is 12.3. The lowest BCUT2D eigenvalue weighted by Crippen LogP contribution is -2.37. The van der Waals surface area contributed by atoms with E-state index in [-0.39, 0.29) is 25.0 Å². The molecule has 1 aromatic carbocycles. The topological polar surface area (TPSA) is 62.2 Å². The maximum absolute atomic E-state index is 11.9. The fourth-order valence-corrected chi connectivity index (χ4v) is 2.11. The smallest absolute Gasteiger partial charge is 0.226 e. The van der Waals surface area contributed by atoms with Gasteiger partial charge >= 0.3 is 0 Å². The first-order chi connectivity index (χ1) is 9.62. The van der Waals surface area contributed by atoms with Crippen molar-refractivity contribution < 1.29 is 9.90 Å². The number of carbonyl (C=O) groups is 1. The SMILES string of the molecule is CCC(CO)NC(=O)Cc1ccc2cc(C)ccc2n1. The molecule has 1 atom stereocenters. The standard InChI is InChI=1S/C16H20N2O2/c1-3-13(10-19)18-16(20)9-14-6-5-12-8-11(2)4-7-15(12)17-14/h4-8,13,19H,3,9-10H2,1-2H3,(H,18,20). The molecule has 20 heavy (non-hydrogen) atoms. The van der Waals surface area contributed by atoms with Gasteiger partial charge in [-0.05, 0) is 31.5 Å². The molecule has 0 aliphatic rings. The summed E-state index contributed by atoms with van der Waals surface area (Å²) in [4.78, 5) is 16.4. The Balaban J connectivity index is 2.10. The molecule has 2 aromatic rings. The molecule has 106 valence electrons. The van der Waals surface area contributed by atoms with Crippen LogP contribution in [-0.2, 0) is 11.2 Å². The average Bonchev–Trinajstić information content (AvgIpc) is 2.45. The number of aliphatic hydroxyl groups is 1. The van der Waals surface area contributed by atoms with Crippen LogP contribution in [0.3, 0.4) is 0 Å². The summed E-state index contributed by atoms with van der Waals surface area (Å²) in [6, 6.07) is 9.74. The molecule has 0 radical (unpaired) electrons. The molecule has 2 rings (SSSR count). The van der Waals surface area contributed by atoms with Crippen molar-refractivity contribution >= 4 is 16.8 Å². The van der Waals surface area contributed by atoms with Crippen LogP contribution in [0.15, 0.2) is 30.3 Å². The van der Waals surface area contributed by atoms with E-state index in [4.69, 9.17) is 5.11 Å². The molecule has 4 nitrogen and oxygen atoms in total. The number of benzene rings is 1. The molecule has 0 saturated carbocycles. The third kappa shape index (κ3) is 3.54. The predicted molar refractivity (Wildman–Crippen MR) is 79.5 cm³/mol. The lowest BCUT2D eigenvalue weighted by molar-refractivity contribution is -0.121. The number of hydrogen-bond acceptors (Lipinski definition) is 3. The fraction of sp³-hybridized carbons (Fsp3) is 0.375. The lowest BCUT2D eigenvalue weighted by atomic mass is 10.1. The van der Waals surface area contributed by atoms with Crippen molar-refractivity contribution in [1.82, 2.24) is 10.3 Å². The molecular formula is C16H20N2O2. The van der Waals surface area contributed by atoms with Crippen LogP contribution in [0.1, 0.15) is 24.6 Å². The molecule has 0 bridgehead atoms. The number of hydrogen-bond donors (Lipinski definition) is 2. The van der Waals surface area contributed by atoms with Crippen molar-refractivity contribution in [2.75, 3.05) is 6.61 Å². The second-order valence-electron chi connectivity index (χ2n) is 5.03. The van der Waals surface area contributed by atoms with Gasteiger partial charge in [-0.3, -0.25) is 9.78 Å². The maximum Gasteiger partial charge on any atom is 0.226 e. The van der Waals surface area contributed by atoms with Crippen molar-refractivity contribution in [3.05, 3.63) is 41.6 Å². The highest BCUT2D eigenvalue weighted by Gasteiger charge is 2.10. The van der Waals surface area contributed by atoms with Crippen LogP contribution in [0.5, 0.6) is 0 Å². The predicted octanol–water partition coefficient (Wildman–Crippen LogP) is 1.97. The number of nitrogens with one attached hydrogen (secondary N) is 1. The Morgan fingerprint density at radius 3 is 2.85 bits per heavy atom. The molecule has 0 spiro atoms. The highest BCUT2D eigenvalue weighted by atomic mass is 16.3. The number of aryl methyl sites for hydroxylation is 1. The summed E-state index contributed by atoms with van der Waals surface area (Å²) in [6.45, 7) is 3.94. The Hall–Kier alpha value is -1.94. The fourth-order valence-electron chi connectivity index (χ4n) is 2.11. The van der Waals surface area contributed by atoms with E-state index in [0.29, 0.717) is 6.42 Å². The summed E-state index contributed by atoms with van der Waals surface area (Å²) in [5.74, 6) is -0.107. The molecule has 0 saturated heterocycles. The van der Waals surface area contributed by atoms with E-state index in [9.17, 15) is 4.79 Å². The highest BCUT2D eigenvalue weighted by Crippen LogP contribution is 2.14. The molecule has 1 amide bonds. The Morgan fingerprint density at radius 2 is 2.15 bits per heavy atom. The Labute approximate surface area is 118 Å². The summed E-state index contributed by atoms with van der Waals surface area (Å²) in [6.07, 6.45) is 0.951. The zero-order valence-corrected chi connectivity index (χ0v) is 11.9. The van der Waals surface area contributed by atoms with Crippen molar-refractivity contribution in [3.63, 3.8) is 0 Å². The minimum absolute atomic E-state index is 0.0351. The van der Waals surface area contributed by atoms with Gasteiger partial charge < -0.3 is 10.4 Å². The van der Waals surface area contributed by atoms with Crippen LogP contribution in [0, 0.1) is 6.92 Å². The number of carbonyl (C=O) groups excluding carboxylic acids is 1. The van der Waals surface area contributed by atoms with Gasteiger partial charge in [0.1, 0.15) is 0 Å².